The van der Waals surface area contributed by atoms with Crippen LogP contribution in [0.5, 0.6) is 0 Å². The maximum atomic E-state index is 11.5. The predicted octanol–water partition coefficient (Wildman–Crippen LogP) is 2.55. The summed E-state index contributed by atoms with van der Waals surface area (Å²) in [5.41, 5.74) is 1.36. The van der Waals surface area contributed by atoms with E-state index >= 15 is 0 Å². The largest absolute Gasteiger partial charge is 0.465 e. The number of hydrogen-bond donors (Lipinski definition) is 1. The third kappa shape index (κ3) is 2.47. The van der Waals surface area contributed by atoms with Gasteiger partial charge in [0.1, 0.15) is 23.5 Å². The minimum absolute atomic E-state index is 0.143. The lowest BCUT2D eigenvalue weighted by Crippen LogP contribution is -2.17. The Bertz CT molecular complexity index is 639. The Hall–Kier alpha value is -1.69. The molecule has 0 saturated heterocycles. The average molecular weight is 291 g/mol. The van der Waals surface area contributed by atoms with Crippen molar-refractivity contribution in [3.63, 3.8) is 0 Å². The Balaban J connectivity index is 1.90. The van der Waals surface area contributed by atoms with Crippen molar-refractivity contribution in [1.29, 1.82) is 0 Å². The molecule has 5 nitrogen and oxygen atoms in total. The second-order valence-corrected chi connectivity index (χ2v) is 5.86. The van der Waals surface area contributed by atoms with E-state index in [1.165, 1.54) is 23.3 Å². The lowest BCUT2D eigenvalue weighted by atomic mass is 9.97. The highest BCUT2D eigenvalue weighted by Gasteiger charge is 2.19. The van der Waals surface area contributed by atoms with Crippen molar-refractivity contribution in [2.24, 2.45) is 0 Å². The first-order valence-electron chi connectivity index (χ1n) is 6.94. The van der Waals surface area contributed by atoms with E-state index in [2.05, 4.69) is 15.3 Å². The topological polar surface area (TPSA) is 64.1 Å². The van der Waals surface area contributed by atoms with Crippen LogP contribution in [0.1, 0.15) is 30.2 Å². The molecule has 0 amide bonds. The molecule has 2 heterocycles. The van der Waals surface area contributed by atoms with Crippen LogP contribution in [0.15, 0.2) is 6.33 Å². The molecule has 2 aromatic heterocycles. The number of hydrogen-bond acceptors (Lipinski definition) is 6. The molecule has 0 aliphatic heterocycles. The maximum absolute atomic E-state index is 11.5. The Morgan fingerprint density at radius 1 is 1.40 bits per heavy atom. The zero-order valence-electron chi connectivity index (χ0n) is 11.4. The molecule has 1 aliphatic rings. The summed E-state index contributed by atoms with van der Waals surface area (Å²) in [6.07, 6.45) is 6.23. The van der Waals surface area contributed by atoms with Gasteiger partial charge in [-0.2, -0.15) is 0 Å². The Labute approximate surface area is 121 Å². The van der Waals surface area contributed by atoms with Crippen molar-refractivity contribution in [2.75, 3.05) is 18.5 Å². The number of nitrogens with zero attached hydrogens (tertiary/aromatic N) is 2. The Morgan fingerprint density at radius 2 is 2.25 bits per heavy atom. The Kier molecular flexibility index (Phi) is 3.82. The molecule has 6 heteroatoms. The third-order valence-electron chi connectivity index (χ3n) is 3.46. The van der Waals surface area contributed by atoms with E-state index in [0.717, 1.165) is 28.9 Å². The minimum atomic E-state index is -0.261. The van der Waals surface area contributed by atoms with Crippen LogP contribution in [0, 0.1) is 0 Å². The van der Waals surface area contributed by atoms with E-state index in [9.17, 15) is 4.79 Å². The van der Waals surface area contributed by atoms with Crippen LogP contribution in [0.3, 0.4) is 0 Å². The molecule has 106 valence electrons. The molecule has 0 saturated carbocycles. The maximum Gasteiger partial charge on any atom is 0.325 e. The number of thiophene rings is 1. The van der Waals surface area contributed by atoms with E-state index in [4.69, 9.17) is 4.74 Å². The molecule has 3 rings (SSSR count). The van der Waals surface area contributed by atoms with Crippen molar-refractivity contribution >= 4 is 33.3 Å². The molecule has 0 aromatic carbocycles. The van der Waals surface area contributed by atoms with Crippen LogP contribution >= 0.6 is 11.3 Å². The highest BCUT2D eigenvalue weighted by Crippen LogP contribution is 2.37. The molecule has 0 unspecified atom stereocenters. The first kappa shape index (κ1) is 13.3. The van der Waals surface area contributed by atoms with Crippen molar-refractivity contribution in [1.82, 2.24) is 9.97 Å². The molecule has 0 atom stereocenters. The van der Waals surface area contributed by atoms with Crippen LogP contribution in [0.2, 0.25) is 0 Å². The van der Waals surface area contributed by atoms with Crippen LogP contribution < -0.4 is 5.32 Å². The number of aryl methyl sites for hydroxylation is 2. The number of rotatable bonds is 4. The van der Waals surface area contributed by atoms with Crippen LogP contribution in [-0.4, -0.2) is 29.1 Å². The fourth-order valence-electron chi connectivity index (χ4n) is 2.59. The zero-order valence-corrected chi connectivity index (χ0v) is 12.3. The van der Waals surface area contributed by atoms with Crippen molar-refractivity contribution in [3.05, 3.63) is 16.8 Å². The summed E-state index contributed by atoms with van der Waals surface area (Å²) in [6, 6.07) is 0. The monoisotopic (exact) mass is 291 g/mol. The smallest absolute Gasteiger partial charge is 0.325 e. The summed E-state index contributed by atoms with van der Waals surface area (Å²) in [5.74, 6) is 0.491. The highest BCUT2D eigenvalue weighted by molar-refractivity contribution is 7.19. The van der Waals surface area contributed by atoms with Gasteiger partial charge < -0.3 is 10.1 Å². The van der Waals surface area contributed by atoms with Crippen molar-refractivity contribution in [3.8, 4) is 0 Å². The highest BCUT2D eigenvalue weighted by atomic mass is 32.1. The first-order chi connectivity index (χ1) is 9.79. The third-order valence-corrected chi connectivity index (χ3v) is 4.66. The fourth-order valence-corrected chi connectivity index (χ4v) is 3.82. The van der Waals surface area contributed by atoms with Gasteiger partial charge in [0.25, 0.3) is 0 Å². The number of ether oxygens (including phenoxy) is 1. The van der Waals surface area contributed by atoms with Crippen molar-refractivity contribution < 1.29 is 9.53 Å². The molecule has 2 aromatic rings. The number of aromatic nitrogens is 2. The van der Waals surface area contributed by atoms with E-state index < -0.39 is 0 Å². The lowest BCUT2D eigenvalue weighted by molar-refractivity contribution is -0.140. The number of esters is 1. The number of carbonyl (C=O) groups excluding carboxylic acids is 1. The van der Waals surface area contributed by atoms with Gasteiger partial charge in [-0.15, -0.1) is 11.3 Å². The molecule has 0 fully saturated rings. The van der Waals surface area contributed by atoms with E-state index in [0.29, 0.717) is 6.61 Å². The molecule has 0 spiro atoms. The molecular formula is C14H17N3O2S. The lowest BCUT2D eigenvalue weighted by Gasteiger charge is -2.12. The van der Waals surface area contributed by atoms with Gasteiger partial charge in [-0.3, -0.25) is 4.79 Å². The predicted molar refractivity (Wildman–Crippen MR) is 79.2 cm³/mol. The summed E-state index contributed by atoms with van der Waals surface area (Å²) in [5, 5.41) is 4.18. The van der Waals surface area contributed by atoms with Gasteiger partial charge in [-0.05, 0) is 38.2 Å². The van der Waals surface area contributed by atoms with Crippen LogP contribution in [0.25, 0.3) is 10.2 Å². The first-order valence-corrected chi connectivity index (χ1v) is 7.76. The second kappa shape index (κ2) is 5.75. The minimum Gasteiger partial charge on any atom is -0.465 e. The summed E-state index contributed by atoms with van der Waals surface area (Å²) < 4.78 is 4.93. The van der Waals surface area contributed by atoms with Crippen molar-refractivity contribution in [2.45, 2.75) is 32.6 Å². The molecular weight excluding hydrogens is 274 g/mol. The zero-order chi connectivity index (χ0) is 13.9. The van der Waals surface area contributed by atoms with Crippen LogP contribution in [-0.2, 0) is 22.4 Å². The normalized spacial score (nSPS) is 14.1. The van der Waals surface area contributed by atoms with Gasteiger partial charge in [-0.1, -0.05) is 0 Å². The van der Waals surface area contributed by atoms with Gasteiger partial charge in [0, 0.05) is 4.88 Å². The van der Waals surface area contributed by atoms with Gasteiger partial charge in [-0.25, -0.2) is 9.97 Å². The summed E-state index contributed by atoms with van der Waals surface area (Å²) >= 11 is 1.75. The average Bonchev–Trinajstić information content (AvgIpc) is 2.84. The molecule has 1 N–H and O–H groups in total. The molecule has 0 radical (unpaired) electrons. The number of fused-ring (bicyclic) bond motifs is 3. The second-order valence-electron chi connectivity index (χ2n) is 4.77. The standard InChI is InChI=1S/C14H17N3O2S/c1-2-19-11(18)7-15-13-12-9-5-3-4-6-10(9)20-14(12)17-8-16-13/h8H,2-7H2,1H3,(H,15,16,17). The van der Waals surface area contributed by atoms with Gasteiger partial charge in [0.2, 0.25) is 0 Å². The molecule has 0 bridgehead atoms. The molecule has 1 aliphatic carbocycles. The van der Waals surface area contributed by atoms with Gasteiger partial charge in [0.15, 0.2) is 0 Å². The number of nitrogens with one attached hydrogen (secondary N) is 1. The van der Waals surface area contributed by atoms with E-state index in [-0.39, 0.29) is 12.5 Å². The number of anilines is 1. The van der Waals surface area contributed by atoms with Crippen LogP contribution in [0.4, 0.5) is 5.82 Å². The van der Waals surface area contributed by atoms with E-state index in [1.54, 1.807) is 24.6 Å². The fraction of sp³-hybridized carbons (Fsp3) is 0.500. The quantitative estimate of drug-likeness (QED) is 0.877. The summed E-state index contributed by atoms with van der Waals surface area (Å²) in [6.45, 7) is 2.34. The summed E-state index contributed by atoms with van der Waals surface area (Å²) in [7, 11) is 0. The Morgan fingerprint density at radius 3 is 3.10 bits per heavy atom. The molecule has 20 heavy (non-hydrogen) atoms. The summed E-state index contributed by atoms with van der Waals surface area (Å²) in [4.78, 5) is 22.5. The van der Waals surface area contributed by atoms with Gasteiger partial charge >= 0.3 is 5.97 Å². The number of carbonyl (C=O) groups is 1. The SMILES string of the molecule is CCOC(=O)CNc1ncnc2sc3c(c12)CCCC3. The van der Waals surface area contributed by atoms with Gasteiger partial charge in [0.05, 0.1) is 12.0 Å². The van der Waals surface area contributed by atoms with E-state index in [1.807, 2.05) is 0 Å².